The predicted octanol–water partition coefficient (Wildman–Crippen LogP) is 6.34. The number of aromatic nitrogens is 4. The Kier molecular flexibility index (Phi) is 5.77. The summed E-state index contributed by atoms with van der Waals surface area (Å²) in [6.45, 7) is 1.94. The van der Waals surface area contributed by atoms with Crippen molar-refractivity contribution in [3.63, 3.8) is 0 Å². The van der Waals surface area contributed by atoms with Crippen molar-refractivity contribution in [2.75, 3.05) is 0 Å². The summed E-state index contributed by atoms with van der Waals surface area (Å²) in [5.74, 6) is -1.09. The molecule has 184 valence electrons. The highest BCUT2D eigenvalue weighted by Gasteiger charge is 2.41. The lowest BCUT2D eigenvalue weighted by atomic mass is 9.77. The van der Waals surface area contributed by atoms with Gasteiger partial charge in [-0.1, -0.05) is 91.0 Å². The van der Waals surface area contributed by atoms with Crippen LogP contribution in [-0.2, 0) is 5.54 Å². The fraction of sp³-hybridized carbons (Fsp3) is 0.0625. The average molecular weight is 497 g/mol. The molecule has 6 aromatic rings. The molecule has 6 rings (SSSR count). The Morgan fingerprint density at radius 1 is 0.763 bits per heavy atom. The molecule has 38 heavy (non-hydrogen) atoms. The van der Waals surface area contributed by atoms with Gasteiger partial charge in [-0.25, -0.2) is 14.5 Å². The van der Waals surface area contributed by atoms with E-state index in [1.165, 1.54) is 0 Å². The van der Waals surface area contributed by atoms with Crippen LogP contribution in [0.3, 0.4) is 0 Å². The van der Waals surface area contributed by atoms with Gasteiger partial charge in [0, 0.05) is 29.0 Å². The van der Waals surface area contributed by atoms with Crippen LogP contribution in [0.25, 0.3) is 22.2 Å². The van der Waals surface area contributed by atoms with E-state index in [1.54, 1.807) is 18.5 Å². The van der Waals surface area contributed by atoms with Crippen molar-refractivity contribution in [3.05, 3.63) is 150 Å². The van der Waals surface area contributed by atoms with Gasteiger partial charge in [-0.15, -0.1) is 0 Å². The van der Waals surface area contributed by atoms with Gasteiger partial charge in [0.2, 0.25) is 0 Å². The van der Waals surface area contributed by atoms with Crippen molar-refractivity contribution in [1.82, 2.24) is 19.7 Å². The van der Waals surface area contributed by atoms with E-state index in [-0.39, 0.29) is 5.69 Å². The van der Waals surface area contributed by atoms with Crippen molar-refractivity contribution in [2.45, 2.75) is 12.5 Å². The van der Waals surface area contributed by atoms with Crippen LogP contribution in [0.1, 0.15) is 32.9 Å². The summed E-state index contributed by atoms with van der Waals surface area (Å²) in [6, 6.07) is 36.1. The third kappa shape index (κ3) is 3.74. The zero-order valence-corrected chi connectivity index (χ0v) is 20.7. The Balaban J connectivity index is 1.81. The van der Waals surface area contributed by atoms with Crippen LogP contribution in [0, 0.1) is 6.92 Å². The monoisotopic (exact) mass is 496 g/mol. The molecule has 1 N–H and O–H groups in total. The number of benzene rings is 3. The second-order valence-electron chi connectivity index (χ2n) is 9.15. The molecule has 0 aliphatic rings. The highest BCUT2D eigenvalue weighted by atomic mass is 16.4. The van der Waals surface area contributed by atoms with Gasteiger partial charge < -0.3 is 5.11 Å². The van der Waals surface area contributed by atoms with E-state index < -0.39 is 11.5 Å². The molecular weight excluding hydrogens is 472 g/mol. The van der Waals surface area contributed by atoms with Gasteiger partial charge in [-0.05, 0) is 41.8 Å². The number of hydrogen-bond donors (Lipinski definition) is 1. The molecule has 0 saturated carbocycles. The maximum atomic E-state index is 12.0. The summed E-state index contributed by atoms with van der Waals surface area (Å²) < 4.78 is 1.96. The number of carboxylic acid groups (broad SMARTS) is 1. The van der Waals surface area contributed by atoms with E-state index in [1.807, 2.05) is 78.3 Å². The molecule has 0 radical (unpaired) electrons. The van der Waals surface area contributed by atoms with Gasteiger partial charge in [0.25, 0.3) is 0 Å². The Bertz CT molecular complexity index is 1650. The summed E-state index contributed by atoms with van der Waals surface area (Å²) in [7, 11) is 0. The first-order valence-electron chi connectivity index (χ1n) is 12.3. The maximum Gasteiger partial charge on any atom is 0.354 e. The molecule has 0 saturated heterocycles. The Morgan fingerprint density at radius 3 is 1.82 bits per heavy atom. The molecule has 3 heterocycles. The van der Waals surface area contributed by atoms with Crippen LogP contribution in [0.15, 0.2) is 122 Å². The average Bonchev–Trinajstić information content (AvgIpc) is 3.34. The number of nitrogens with zero attached hydrogens (tertiary/aromatic N) is 4. The van der Waals surface area contributed by atoms with E-state index in [2.05, 4.69) is 46.4 Å². The van der Waals surface area contributed by atoms with Crippen molar-refractivity contribution in [1.29, 1.82) is 0 Å². The van der Waals surface area contributed by atoms with E-state index in [0.29, 0.717) is 11.2 Å². The van der Waals surface area contributed by atoms with Gasteiger partial charge in [0.1, 0.15) is 16.9 Å². The predicted molar refractivity (Wildman–Crippen MR) is 147 cm³/mol. The SMILES string of the molecule is Cc1cc(-c2nn(C(c3ccccc3)(c3ccccc3)c3ccccc3)c3cc(C(=O)O)ncc23)ccn1. The first-order valence-corrected chi connectivity index (χ1v) is 12.3. The smallest absolute Gasteiger partial charge is 0.354 e. The number of carbonyl (C=O) groups is 1. The molecule has 6 nitrogen and oxygen atoms in total. The van der Waals surface area contributed by atoms with E-state index in [9.17, 15) is 9.90 Å². The summed E-state index contributed by atoms with van der Waals surface area (Å²) in [5, 5.41) is 15.9. The van der Waals surface area contributed by atoms with Crippen molar-refractivity contribution in [3.8, 4) is 11.3 Å². The number of rotatable bonds is 6. The van der Waals surface area contributed by atoms with Crippen LogP contribution in [-0.4, -0.2) is 30.8 Å². The standard InChI is InChI=1S/C32H24N4O2/c1-22-19-23(17-18-33-22)30-27-21-34-28(31(37)38)20-29(27)36(35-30)32(24-11-5-2-6-12-24,25-13-7-3-8-14-25)26-15-9-4-10-16-26/h2-21H,1H3,(H,37,38). The highest BCUT2D eigenvalue weighted by Crippen LogP contribution is 2.43. The number of aromatic carboxylic acids is 1. The lowest BCUT2D eigenvalue weighted by molar-refractivity contribution is 0.0690. The summed E-state index contributed by atoms with van der Waals surface area (Å²) in [4.78, 5) is 20.6. The molecule has 0 aliphatic heterocycles. The minimum absolute atomic E-state index is 0.0424. The van der Waals surface area contributed by atoms with Crippen LogP contribution in [0.5, 0.6) is 0 Å². The zero-order valence-electron chi connectivity index (χ0n) is 20.7. The van der Waals surface area contributed by atoms with Crippen molar-refractivity contribution in [2.24, 2.45) is 0 Å². The third-order valence-corrected chi connectivity index (χ3v) is 6.85. The number of fused-ring (bicyclic) bond motifs is 1. The largest absolute Gasteiger partial charge is 0.477 e. The van der Waals surface area contributed by atoms with Crippen molar-refractivity contribution < 1.29 is 9.90 Å². The zero-order chi connectivity index (χ0) is 26.1. The molecule has 0 atom stereocenters. The molecule has 6 heteroatoms. The second-order valence-corrected chi connectivity index (χ2v) is 9.15. The molecule has 0 bridgehead atoms. The minimum atomic E-state index is -1.09. The normalized spacial score (nSPS) is 11.5. The van der Waals surface area contributed by atoms with Crippen LogP contribution < -0.4 is 0 Å². The first-order chi connectivity index (χ1) is 18.6. The number of pyridine rings is 2. The van der Waals surface area contributed by atoms with Gasteiger partial charge in [-0.2, -0.15) is 5.10 Å². The van der Waals surface area contributed by atoms with Gasteiger partial charge in [-0.3, -0.25) is 4.98 Å². The van der Waals surface area contributed by atoms with E-state index >= 15 is 0 Å². The highest BCUT2D eigenvalue weighted by molar-refractivity contribution is 5.97. The summed E-state index contributed by atoms with van der Waals surface area (Å²) in [6.07, 6.45) is 3.37. The molecule has 3 aromatic carbocycles. The molecule has 0 fully saturated rings. The summed E-state index contributed by atoms with van der Waals surface area (Å²) in [5.41, 5.74) is 5.16. The van der Waals surface area contributed by atoms with Gasteiger partial charge >= 0.3 is 5.97 Å². The molecule has 0 spiro atoms. The lowest BCUT2D eigenvalue weighted by Crippen LogP contribution is -2.38. The van der Waals surface area contributed by atoms with Crippen LogP contribution in [0.4, 0.5) is 0 Å². The van der Waals surface area contributed by atoms with Crippen LogP contribution >= 0.6 is 0 Å². The number of aryl methyl sites for hydroxylation is 1. The second kappa shape index (κ2) is 9.41. The van der Waals surface area contributed by atoms with Gasteiger partial charge in [0.15, 0.2) is 0 Å². The third-order valence-electron chi connectivity index (χ3n) is 6.85. The molecule has 3 aromatic heterocycles. The number of hydrogen-bond acceptors (Lipinski definition) is 4. The Morgan fingerprint density at radius 2 is 1.32 bits per heavy atom. The summed E-state index contributed by atoms with van der Waals surface area (Å²) >= 11 is 0. The van der Waals surface area contributed by atoms with Gasteiger partial charge in [0.05, 0.1) is 5.52 Å². The fourth-order valence-corrected chi connectivity index (χ4v) is 5.19. The molecule has 0 aliphatic carbocycles. The Hall–Kier alpha value is -5.10. The quantitative estimate of drug-likeness (QED) is 0.272. The number of carboxylic acids is 1. The minimum Gasteiger partial charge on any atom is -0.477 e. The topological polar surface area (TPSA) is 80.9 Å². The molecule has 0 unspecified atom stereocenters. The lowest BCUT2D eigenvalue weighted by Gasteiger charge is -2.37. The van der Waals surface area contributed by atoms with Crippen molar-refractivity contribution >= 4 is 16.9 Å². The van der Waals surface area contributed by atoms with E-state index in [4.69, 9.17) is 5.10 Å². The van der Waals surface area contributed by atoms with E-state index in [0.717, 1.165) is 33.3 Å². The molecule has 0 amide bonds. The fourth-order valence-electron chi connectivity index (χ4n) is 5.19. The van der Waals surface area contributed by atoms with Crippen LogP contribution in [0.2, 0.25) is 0 Å². The first kappa shape index (κ1) is 23.3. The molecular formula is C32H24N4O2. The maximum absolute atomic E-state index is 12.0. The Labute approximate surface area is 219 Å².